The first-order valence-corrected chi connectivity index (χ1v) is 5.78. The van der Waals surface area contributed by atoms with Crippen LogP contribution in [0.4, 0.5) is 0 Å². The summed E-state index contributed by atoms with van der Waals surface area (Å²) in [6.45, 7) is 5.34. The molecular formula is C13H17N3. The van der Waals surface area contributed by atoms with Crippen LogP contribution in [0.2, 0.25) is 0 Å². The summed E-state index contributed by atoms with van der Waals surface area (Å²) < 4.78 is 2.18. The molecule has 0 amide bonds. The average Bonchev–Trinajstić information content (AvgIpc) is 2.66. The molecule has 0 aliphatic heterocycles. The van der Waals surface area contributed by atoms with E-state index in [4.69, 9.17) is 5.73 Å². The highest BCUT2D eigenvalue weighted by molar-refractivity contribution is 5.43. The van der Waals surface area contributed by atoms with Gasteiger partial charge in [0, 0.05) is 24.0 Å². The van der Waals surface area contributed by atoms with Crippen LogP contribution in [0.3, 0.4) is 0 Å². The van der Waals surface area contributed by atoms with Gasteiger partial charge in [-0.1, -0.05) is 19.9 Å². The third-order valence-electron chi connectivity index (χ3n) is 4.07. The van der Waals surface area contributed by atoms with Gasteiger partial charge in [-0.3, -0.25) is 0 Å². The van der Waals surface area contributed by atoms with E-state index in [1.165, 1.54) is 5.69 Å². The van der Waals surface area contributed by atoms with E-state index in [0.717, 1.165) is 12.2 Å². The molecule has 1 fully saturated rings. The van der Waals surface area contributed by atoms with Crippen molar-refractivity contribution in [2.24, 2.45) is 17.1 Å². The van der Waals surface area contributed by atoms with E-state index in [1.54, 1.807) is 0 Å². The van der Waals surface area contributed by atoms with Crippen molar-refractivity contribution in [2.45, 2.75) is 19.8 Å². The van der Waals surface area contributed by atoms with Gasteiger partial charge in [-0.25, -0.2) is 4.98 Å². The van der Waals surface area contributed by atoms with Crippen LogP contribution in [0.5, 0.6) is 0 Å². The zero-order valence-corrected chi connectivity index (χ0v) is 9.72. The molecule has 2 aromatic rings. The Balaban J connectivity index is 2.08. The van der Waals surface area contributed by atoms with Gasteiger partial charge in [-0.2, -0.15) is 0 Å². The van der Waals surface area contributed by atoms with E-state index >= 15 is 0 Å². The molecule has 2 unspecified atom stereocenters. The number of nitrogens with two attached hydrogens (primary N) is 1. The number of hydrogen-bond acceptors (Lipinski definition) is 2. The number of pyridine rings is 1. The highest BCUT2D eigenvalue weighted by Gasteiger charge is 2.58. The second kappa shape index (κ2) is 3.08. The Kier molecular flexibility index (Phi) is 1.89. The Morgan fingerprint density at radius 2 is 2.25 bits per heavy atom. The maximum atomic E-state index is 5.82. The van der Waals surface area contributed by atoms with Crippen LogP contribution < -0.4 is 5.73 Å². The quantitative estimate of drug-likeness (QED) is 0.833. The molecule has 2 heterocycles. The van der Waals surface area contributed by atoms with Crippen molar-refractivity contribution in [2.75, 3.05) is 6.54 Å². The summed E-state index contributed by atoms with van der Waals surface area (Å²) in [5.41, 5.74) is 8.47. The lowest BCUT2D eigenvalue weighted by atomic mass is 10.1. The number of imidazole rings is 1. The molecule has 0 bridgehead atoms. The van der Waals surface area contributed by atoms with E-state index in [9.17, 15) is 0 Å². The predicted molar refractivity (Wildman–Crippen MR) is 64.3 cm³/mol. The zero-order valence-electron chi connectivity index (χ0n) is 9.72. The van der Waals surface area contributed by atoms with Crippen LogP contribution in [0, 0.1) is 11.3 Å². The number of fused-ring (bicyclic) bond motifs is 1. The van der Waals surface area contributed by atoms with Gasteiger partial charge in [-0.15, -0.1) is 0 Å². The predicted octanol–water partition coefficient (Wildman–Crippen LogP) is 2.03. The van der Waals surface area contributed by atoms with Crippen molar-refractivity contribution in [3.8, 4) is 0 Å². The molecule has 2 atom stereocenters. The summed E-state index contributed by atoms with van der Waals surface area (Å²) in [5, 5.41) is 0. The second-order valence-corrected chi connectivity index (χ2v) is 5.25. The molecule has 0 aromatic carbocycles. The van der Waals surface area contributed by atoms with Gasteiger partial charge < -0.3 is 10.1 Å². The molecule has 3 heteroatoms. The van der Waals surface area contributed by atoms with Crippen LogP contribution in [0.1, 0.15) is 25.5 Å². The fourth-order valence-electron chi connectivity index (χ4n) is 2.95. The van der Waals surface area contributed by atoms with Gasteiger partial charge >= 0.3 is 0 Å². The Morgan fingerprint density at radius 1 is 1.44 bits per heavy atom. The minimum atomic E-state index is 0.320. The van der Waals surface area contributed by atoms with Crippen LogP contribution in [-0.4, -0.2) is 15.9 Å². The Morgan fingerprint density at radius 3 is 2.94 bits per heavy atom. The summed E-state index contributed by atoms with van der Waals surface area (Å²) in [6.07, 6.45) is 4.08. The molecule has 3 nitrogen and oxygen atoms in total. The van der Waals surface area contributed by atoms with Gasteiger partial charge in [0.25, 0.3) is 0 Å². The van der Waals surface area contributed by atoms with Gasteiger partial charge in [0.15, 0.2) is 0 Å². The summed E-state index contributed by atoms with van der Waals surface area (Å²) >= 11 is 0. The Bertz CT molecular complexity index is 527. The average molecular weight is 215 g/mol. The summed E-state index contributed by atoms with van der Waals surface area (Å²) in [4.78, 5) is 4.44. The topological polar surface area (TPSA) is 43.3 Å². The summed E-state index contributed by atoms with van der Waals surface area (Å²) in [6, 6.07) is 6.10. The molecule has 1 saturated carbocycles. The summed E-state index contributed by atoms with van der Waals surface area (Å²) in [7, 11) is 0. The largest absolute Gasteiger partial charge is 0.330 e. The normalized spacial score (nSPS) is 27.2. The van der Waals surface area contributed by atoms with E-state index in [0.29, 0.717) is 17.3 Å². The first-order valence-electron chi connectivity index (χ1n) is 5.78. The third kappa shape index (κ3) is 1.15. The number of hydrogen-bond donors (Lipinski definition) is 1. The standard InChI is InChI=1S/C13H17N3/c1-13(2)9(7-14)12(13)10-8-15-11-5-3-4-6-16(10)11/h3-6,8-9,12H,7,14H2,1-2H3. The van der Waals surface area contributed by atoms with Crippen molar-refractivity contribution in [1.29, 1.82) is 0 Å². The van der Waals surface area contributed by atoms with Crippen molar-refractivity contribution >= 4 is 5.65 Å². The zero-order chi connectivity index (χ0) is 11.3. The molecule has 84 valence electrons. The highest BCUT2D eigenvalue weighted by Crippen LogP contribution is 2.63. The first kappa shape index (κ1) is 9.85. The molecule has 1 aliphatic rings. The molecule has 0 radical (unpaired) electrons. The minimum Gasteiger partial charge on any atom is -0.330 e. The molecule has 0 saturated heterocycles. The maximum absolute atomic E-state index is 5.82. The fourth-order valence-corrected chi connectivity index (χ4v) is 2.95. The molecule has 2 N–H and O–H groups in total. The molecular weight excluding hydrogens is 198 g/mol. The lowest BCUT2D eigenvalue weighted by Crippen LogP contribution is -2.05. The van der Waals surface area contributed by atoms with Crippen LogP contribution in [-0.2, 0) is 0 Å². The number of aromatic nitrogens is 2. The van der Waals surface area contributed by atoms with Crippen molar-refractivity contribution in [3.63, 3.8) is 0 Å². The van der Waals surface area contributed by atoms with Gasteiger partial charge in [0.05, 0.1) is 0 Å². The van der Waals surface area contributed by atoms with E-state index < -0.39 is 0 Å². The second-order valence-electron chi connectivity index (χ2n) is 5.25. The van der Waals surface area contributed by atoms with Gasteiger partial charge in [0.1, 0.15) is 5.65 Å². The number of rotatable bonds is 2. The van der Waals surface area contributed by atoms with Crippen molar-refractivity contribution in [3.05, 3.63) is 36.3 Å². The molecule has 1 aliphatic carbocycles. The Labute approximate surface area is 95.3 Å². The lowest BCUT2D eigenvalue weighted by Gasteiger charge is -2.02. The third-order valence-corrected chi connectivity index (χ3v) is 4.07. The van der Waals surface area contributed by atoms with Gasteiger partial charge in [-0.05, 0) is 30.0 Å². The van der Waals surface area contributed by atoms with Gasteiger partial charge in [0.2, 0.25) is 0 Å². The Hall–Kier alpha value is -1.35. The van der Waals surface area contributed by atoms with Crippen LogP contribution >= 0.6 is 0 Å². The fraction of sp³-hybridized carbons (Fsp3) is 0.462. The molecule has 2 aromatic heterocycles. The molecule has 0 spiro atoms. The SMILES string of the molecule is CC1(C)C(CN)C1c1cnc2ccccn12. The smallest absolute Gasteiger partial charge is 0.136 e. The first-order chi connectivity index (χ1) is 7.66. The number of nitrogens with zero attached hydrogens (tertiary/aromatic N) is 2. The lowest BCUT2D eigenvalue weighted by molar-refractivity contribution is 0.557. The maximum Gasteiger partial charge on any atom is 0.136 e. The van der Waals surface area contributed by atoms with E-state index in [1.807, 2.05) is 24.4 Å². The highest BCUT2D eigenvalue weighted by atomic mass is 15.0. The van der Waals surface area contributed by atoms with E-state index in [-0.39, 0.29) is 0 Å². The summed E-state index contributed by atoms with van der Waals surface area (Å²) in [5.74, 6) is 1.14. The van der Waals surface area contributed by atoms with E-state index in [2.05, 4.69) is 29.4 Å². The van der Waals surface area contributed by atoms with Crippen molar-refractivity contribution in [1.82, 2.24) is 9.38 Å². The van der Waals surface area contributed by atoms with Crippen LogP contribution in [0.15, 0.2) is 30.6 Å². The molecule has 3 rings (SSSR count). The molecule has 16 heavy (non-hydrogen) atoms. The monoisotopic (exact) mass is 215 g/mol. The van der Waals surface area contributed by atoms with Crippen molar-refractivity contribution < 1.29 is 0 Å². The minimum absolute atomic E-state index is 0.320. The van der Waals surface area contributed by atoms with Crippen LogP contribution in [0.25, 0.3) is 5.65 Å².